The van der Waals surface area contributed by atoms with Gasteiger partial charge in [0.1, 0.15) is 16.9 Å². The summed E-state index contributed by atoms with van der Waals surface area (Å²) in [6.45, 7) is 0.462. The molecule has 4 rings (SSSR count). The standard InChI is InChI=1S/C17H16N2O2S/c20-17(15-10-22-16-9-18-11-19(15)16)21-8-7-13-6-5-12-3-1-2-4-14(12)13/h1-4,9-11,13H,5-8H2. The first-order valence-electron chi connectivity index (χ1n) is 7.47. The number of aryl methyl sites for hydroxylation is 1. The molecule has 1 unspecified atom stereocenters. The molecule has 0 saturated heterocycles. The molecule has 0 aliphatic heterocycles. The zero-order valence-electron chi connectivity index (χ0n) is 12.1. The lowest BCUT2D eigenvalue weighted by atomic mass is 9.98. The fourth-order valence-electron chi connectivity index (χ4n) is 3.18. The molecule has 2 aromatic heterocycles. The van der Waals surface area contributed by atoms with Crippen molar-refractivity contribution in [1.82, 2.24) is 9.38 Å². The monoisotopic (exact) mass is 312 g/mol. The van der Waals surface area contributed by atoms with Gasteiger partial charge in [-0.25, -0.2) is 9.78 Å². The van der Waals surface area contributed by atoms with E-state index in [2.05, 4.69) is 29.2 Å². The predicted molar refractivity (Wildman–Crippen MR) is 85.5 cm³/mol. The van der Waals surface area contributed by atoms with E-state index in [4.69, 9.17) is 4.74 Å². The third kappa shape index (κ3) is 2.31. The van der Waals surface area contributed by atoms with Crippen LogP contribution in [0.5, 0.6) is 0 Å². The molecule has 22 heavy (non-hydrogen) atoms. The van der Waals surface area contributed by atoms with Gasteiger partial charge in [0.25, 0.3) is 0 Å². The van der Waals surface area contributed by atoms with Gasteiger partial charge in [-0.3, -0.25) is 4.40 Å². The average molecular weight is 312 g/mol. The van der Waals surface area contributed by atoms with E-state index in [1.54, 1.807) is 16.9 Å². The summed E-state index contributed by atoms with van der Waals surface area (Å²) in [7, 11) is 0. The highest BCUT2D eigenvalue weighted by molar-refractivity contribution is 7.15. The Kier molecular flexibility index (Phi) is 3.42. The van der Waals surface area contributed by atoms with E-state index in [-0.39, 0.29) is 5.97 Å². The molecule has 0 spiro atoms. The summed E-state index contributed by atoms with van der Waals surface area (Å²) < 4.78 is 7.24. The van der Waals surface area contributed by atoms with Gasteiger partial charge in [0.2, 0.25) is 0 Å². The summed E-state index contributed by atoms with van der Waals surface area (Å²) in [4.78, 5) is 17.2. The van der Waals surface area contributed by atoms with Crippen LogP contribution in [0.25, 0.3) is 4.83 Å². The topological polar surface area (TPSA) is 43.6 Å². The van der Waals surface area contributed by atoms with Crippen LogP contribution in [0.15, 0.2) is 42.2 Å². The van der Waals surface area contributed by atoms with Gasteiger partial charge < -0.3 is 4.74 Å². The van der Waals surface area contributed by atoms with Crippen molar-refractivity contribution in [2.75, 3.05) is 6.61 Å². The second kappa shape index (κ2) is 5.57. The first-order chi connectivity index (χ1) is 10.8. The van der Waals surface area contributed by atoms with Crippen LogP contribution in [0, 0.1) is 0 Å². The fraction of sp³-hybridized carbons (Fsp3) is 0.294. The zero-order valence-corrected chi connectivity index (χ0v) is 12.9. The SMILES string of the molecule is O=C(OCCC1CCc2ccccc21)c1csc2cncn12. The summed E-state index contributed by atoms with van der Waals surface area (Å²) in [6, 6.07) is 8.57. The molecule has 1 aliphatic carbocycles. The van der Waals surface area contributed by atoms with Crippen LogP contribution in [0.1, 0.15) is 40.4 Å². The van der Waals surface area contributed by atoms with E-state index in [0.717, 1.165) is 24.1 Å². The van der Waals surface area contributed by atoms with Crippen molar-refractivity contribution in [3.8, 4) is 0 Å². The van der Waals surface area contributed by atoms with Gasteiger partial charge in [0.15, 0.2) is 0 Å². The predicted octanol–water partition coefficient (Wildman–Crippen LogP) is 3.67. The van der Waals surface area contributed by atoms with Crippen molar-refractivity contribution in [2.24, 2.45) is 0 Å². The molecule has 0 saturated carbocycles. The number of benzene rings is 1. The first kappa shape index (κ1) is 13.5. The van der Waals surface area contributed by atoms with Crippen LogP contribution in [0.2, 0.25) is 0 Å². The van der Waals surface area contributed by atoms with E-state index < -0.39 is 0 Å². The van der Waals surface area contributed by atoms with Gasteiger partial charge in [-0.1, -0.05) is 24.3 Å². The summed E-state index contributed by atoms with van der Waals surface area (Å²) in [5.41, 5.74) is 3.42. The molecule has 0 radical (unpaired) electrons. The smallest absolute Gasteiger partial charge is 0.356 e. The number of thiazole rings is 1. The molecule has 0 fully saturated rings. The lowest BCUT2D eigenvalue weighted by Gasteiger charge is -2.11. The molecule has 3 aromatic rings. The summed E-state index contributed by atoms with van der Waals surface area (Å²) in [5.74, 6) is 0.246. The summed E-state index contributed by atoms with van der Waals surface area (Å²) >= 11 is 1.50. The molecule has 0 bridgehead atoms. The highest BCUT2D eigenvalue weighted by atomic mass is 32.1. The Balaban J connectivity index is 1.38. The molecule has 112 valence electrons. The molecule has 4 nitrogen and oxygen atoms in total. The van der Waals surface area contributed by atoms with Crippen molar-refractivity contribution in [3.05, 3.63) is 59.0 Å². The summed E-state index contributed by atoms with van der Waals surface area (Å²) in [5, 5.41) is 1.82. The molecule has 2 heterocycles. The van der Waals surface area contributed by atoms with Crippen LogP contribution >= 0.6 is 11.3 Å². The lowest BCUT2D eigenvalue weighted by molar-refractivity contribution is 0.0485. The van der Waals surface area contributed by atoms with E-state index in [1.807, 2.05) is 5.38 Å². The van der Waals surface area contributed by atoms with Crippen molar-refractivity contribution >= 4 is 22.1 Å². The van der Waals surface area contributed by atoms with Gasteiger partial charge in [-0.05, 0) is 36.3 Å². The largest absolute Gasteiger partial charge is 0.461 e. The van der Waals surface area contributed by atoms with Crippen molar-refractivity contribution in [3.63, 3.8) is 0 Å². The van der Waals surface area contributed by atoms with Crippen molar-refractivity contribution in [2.45, 2.75) is 25.2 Å². The molecule has 0 N–H and O–H groups in total. The number of hydrogen-bond acceptors (Lipinski definition) is 4. The molecule has 5 heteroatoms. The Morgan fingerprint density at radius 1 is 1.41 bits per heavy atom. The second-order valence-electron chi connectivity index (χ2n) is 5.58. The first-order valence-corrected chi connectivity index (χ1v) is 8.35. The number of esters is 1. The maximum absolute atomic E-state index is 12.2. The van der Waals surface area contributed by atoms with Crippen LogP contribution in [-0.4, -0.2) is 22.0 Å². The normalized spacial score (nSPS) is 16.8. The molecule has 0 amide bonds. The maximum atomic E-state index is 12.2. The number of nitrogens with zero attached hydrogens (tertiary/aromatic N) is 2. The quantitative estimate of drug-likeness (QED) is 0.690. The number of hydrogen-bond donors (Lipinski definition) is 0. The highest BCUT2D eigenvalue weighted by Gasteiger charge is 2.22. The molecular weight excluding hydrogens is 296 g/mol. The van der Waals surface area contributed by atoms with E-state index in [1.165, 1.54) is 22.5 Å². The molecule has 1 aliphatic rings. The number of fused-ring (bicyclic) bond motifs is 2. The van der Waals surface area contributed by atoms with Crippen LogP contribution in [-0.2, 0) is 11.2 Å². The van der Waals surface area contributed by atoms with E-state index >= 15 is 0 Å². The van der Waals surface area contributed by atoms with Crippen LogP contribution in [0.3, 0.4) is 0 Å². The Morgan fingerprint density at radius 3 is 3.27 bits per heavy atom. The van der Waals surface area contributed by atoms with Crippen molar-refractivity contribution < 1.29 is 9.53 Å². The number of imidazole rings is 1. The summed E-state index contributed by atoms with van der Waals surface area (Å²) in [6.07, 6.45) is 6.57. The fourth-order valence-corrected chi connectivity index (χ4v) is 4.01. The van der Waals surface area contributed by atoms with E-state index in [0.29, 0.717) is 18.2 Å². The van der Waals surface area contributed by atoms with E-state index in [9.17, 15) is 4.79 Å². The van der Waals surface area contributed by atoms with Gasteiger partial charge in [0, 0.05) is 5.38 Å². The minimum Gasteiger partial charge on any atom is -0.461 e. The number of carbonyl (C=O) groups excluding carboxylic acids is 1. The van der Waals surface area contributed by atoms with Crippen LogP contribution < -0.4 is 0 Å². The zero-order chi connectivity index (χ0) is 14.9. The number of carbonyl (C=O) groups is 1. The Bertz CT molecular complexity index is 821. The van der Waals surface area contributed by atoms with Gasteiger partial charge >= 0.3 is 5.97 Å². The van der Waals surface area contributed by atoms with Gasteiger partial charge in [0.05, 0.1) is 12.8 Å². The second-order valence-corrected chi connectivity index (χ2v) is 6.47. The Hall–Kier alpha value is -2.14. The number of rotatable bonds is 4. The lowest BCUT2D eigenvalue weighted by Crippen LogP contribution is -2.10. The van der Waals surface area contributed by atoms with Crippen molar-refractivity contribution in [1.29, 1.82) is 0 Å². The van der Waals surface area contributed by atoms with Crippen LogP contribution in [0.4, 0.5) is 0 Å². The minimum absolute atomic E-state index is 0.268. The average Bonchev–Trinajstić information content (AvgIpc) is 3.22. The molecular formula is C17H16N2O2S. The molecule has 1 aromatic carbocycles. The Morgan fingerprint density at radius 2 is 2.32 bits per heavy atom. The number of aromatic nitrogens is 2. The Labute approximate surface area is 132 Å². The van der Waals surface area contributed by atoms with Gasteiger partial charge in [-0.15, -0.1) is 11.3 Å². The molecule has 1 atom stereocenters. The highest BCUT2D eigenvalue weighted by Crippen LogP contribution is 2.35. The number of ether oxygens (including phenoxy) is 1. The third-order valence-electron chi connectivity index (χ3n) is 4.32. The minimum atomic E-state index is -0.268. The van der Waals surface area contributed by atoms with Gasteiger partial charge in [-0.2, -0.15) is 0 Å². The maximum Gasteiger partial charge on any atom is 0.356 e. The third-order valence-corrected chi connectivity index (χ3v) is 5.21.